The molecule has 37 heavy (non-hydrogen) atoms. The summed E-state index contributed by atoms with van der Waals surface area (Å²) in [7, 11) is 0. The molecular weight excluding hydrogens is 512 g/mol. The minimum Gasteiger partial charge on any atom is -0.303 e. The number of benzene rings is 2. The largest absolute Gasteiger partial charge is 0.303 e. The topological polar surface area (TPSA) is 3.24 Å². The van der Waals surface area contributed by atoms with Crippen molar-refractivity contribution in [1.82, 2.24) is 4.90 Å². The van der Waals surface area contributed by atoms with E-state index in [4.69, 9.17) is 11.2 Å². The molecule has 2 aromatic carbocycles. The zero-order chi connectivity index (χ0) is 25.7. The Kier molecular flexibility index (Phi) is 20.7. The summed E-state index contributed by atoms with van der Waals surface area (Å²) >= 11 is 7.47. The van der Waals surface area contributed by atoms with Gasteiger partial charge in [0, 0.05) is 0 Å². The minimum atomic E-state index is -1.84. The predicted molar refractivity (Wildman–Crippen MR) is 174 cm³/mol. The van der Waals surface area contributed by atoms with Crippen molar-refractivity contribution in [2.24, 2.45) is 0 Å². The zero-order valence-corrected chi connectivity index (χ0v) is 26.4. The molecule has 4 heteroatoms. The first kappa shape index (κ1) is 34.4. The summed E-state index contributed by atoms with van der Waals surface area (Å²) < 4.78 is 0. The number of hydrogen-bond acceptors (Lipinski definition) is 1. The number of unbranched alkanes of at least 4 members (excludes halogenated alkanes) is 12. The normalized spacial score (nSPS) is 11.6. The highest BCUT2D eigenvalue weighted by Gasteiger charge is 2.40. The van der Waals surface area contributed by atoms with Gasteiger partial charge in [0.15, 0.2) is 6.62 Å². The maximum Gasteiger partial charge on any atom is 0.178 e. The van der Waals surface area contributed by atoms with Crippen molar-refractivity contribution in [1.29, 1.82) is 0 Å². The highest BCUT2D eigenvalue weighted by Crippen LogP contribution is 2.62. The van der Waals surface area contributed by atoms with E-state index in [9.17, 15) is 0 Å². The van der Waals surface area contributed by atoms with Crippen LogP contribution in [0.3, 0.4) is 0 Å². The van der Waals surface area contributed by atoms with Crippen LogP contribution in [0.25, 0.3) is 0 Å². The minimum absolute atomic E-state index is 0. The molecule has 210 valence electrons. The first-order valence-electron chi connectivity index (χ1n) is 15.1. The Morgan fingerprint density at radius 2 is 0.865 bits per heavy atom. The lowest BCUT2D eigenvalue weighted by atomic mass is 10.1. The molecule has 0 amide bonds. The zero-order valence-electron chi connectivity index (χ0n) is 23.9. The van der Waals surface area contributed by atoms with Crippen LogP contribution in [0.1, 0.15) is 110 Å². The third kappa shape index (κ3) is 14.4. The van der Waals surface area contributed by atoms with Crippen LogP contribution < -0.4 is 10.6 Å². The second-order valence-corrected chi connectivity index (χ2v) is 15.2. The maximum absolute atomic E-state index is 7.47. The van der Waals surface area contributed by atoms with Crippen LogP contribution in [-0.2, 0) is 0 Å². The number of rotatable bonds is 22. The van der Waals surface area contributed by atoms with Gasteiger partial charge in [0.2, 0.25) is 0 Å². The van der Waals surface area contributed by atoms with Crippen LogP contribution in [0, 0.1) is 0 Å². The molecule has 0 spiro atoms. The first-order valence-corrected chi connectivity index (χ1v) is 18.0. The highest BCUT2D eigenvalue weighted by molar-refractivity contribution is 8.09. The molecule has 0 bridgehead atoms. The van der Waals surface area contributed by atoms with Crippen molar-refractivity contribution in [3.8, 4) is 0 Å². The third-order valence-corrected chi connectivity index (χ3v) is 12.3. The fourth-order valence-electron chi connectivity index (χ4n) is 5.14. The standard InChI is InChI=1S/C33H54ClNP.ClH/c1-3-5-7-9-11-20-28-35(29-21-12-10-8-6-4-2)30-22-15-23-31-36(34,32-24-16-13-17-25-32)33-26-18-14-19-27-33;/h13-14,16-19,24-27H,3-12,15,20-23,28-31H2,1-2H3;1H/q+1;. The molecule has 0 heterocycles. The van der Waals surface area contributed by atoms with Gasteiger partial charge in [0.1, 0.15) is 10.6 Å². The summed E-state index contributed by atoms with van der Waals surface area (Å²) in [5.74, 6) is 0. The van der Waals surface area contributed by atoms with Crippen molar-refractivity contribution in [2.45, 2.75) is 110 Å². The number of halogens is 2. The van der Waals surface area contributed by atoms with E-state index in [1.807, 2.05) is 0 Å². The molecule has 0 aliphatic carbocycles. The van der Waals surface area contributed by atoms with E-state index >= 15 is 0 Å². The monoisotopic (exact) mass is 566 g/mol. The van der Waals surface area contributed by atoms with Crippen molar-refractivity contribution < 1.29 is 0 Å². The van der Waals surface area contributed by atoms with Crippen molar-refractivity contribution in [2.75, 3.05) is 25.8 Å². The summed E-state index contributed by atoms with van der Waals surface area (Å²) in [6, 6.07) is 21.7. The lowest BCUT2D eigenvalue weighted by molar-refractivity contribution is 0.255. The van der Waals surface area contributed by atoms with Crippen LogP contribution in [-0.4, -0.2) is 30.7 Å². The summed E-state index contributed by atoms with van der Waals surface area (Å²) in [5, 5.41) is 2.65. The van der Waals surface area contributed by atoms with Crippen LogP contribution >= 0.6 is 30.3 Å². The van der Waals surface area contributed by atoms with Crippen LogP contribution in [0.5, 0.6) is 0 Å². The van der Waals surface area contributed by atoms with Gasteiger partial charge in [0.25, 0.3) is 0 Å². The van der Waals surface area contributed by atoms with E-state index in [0.29, 0.717) is 0 Å². The van der Waals surface area contributed by atoms with E-state index in [2.05, 4.69) is 79.4 Å². The Balaban J connectivity index is 0.00000684. The van der Waals surface area contributed by atoms with E-state index in [1.54, 1.807) is 0 Å². The van der Waals surface area contributed by atoms with Crippen LogP contribution in [0.2, 0.25) is 0 Å². The van der Waals surface area contributed by atoms with Crippen LogP contribution in [0.15, 0.2) is 60.7 Å². The van der Waals surface area contributed by atoms with Gasteiger partial charge in [-0.05, 0) is 76.0 Å². The molecule has 0 N–H and O–H groups in total. The predicted octanol–water partition coefficient (Wildman–Crippen LogP) is 10.4. The Morgan fingerprint density at radius 3 is 1.27 bits per heavy atom. The second kappa shape index (κ2) is 22.2. The van der Waals surface area contributed by atoms with E-state index in [0.717, 1.165) is 6.16 Å². The maximum atomic E-state index is 7.47. The lowest BCUT2D eigenvalue weighted by Gasteiger charge is -2.23. The first-order chi connectivity index (χ1) is 17.7. The molecule has 2 aromatic rings. The summed E-state index contributed by atoms with van der Waals surface area (Å²) in [4.78, 5) is 2.77. The Labute approximate surface area is 241 Å². The van der Waals surface area contributed by atoms with Gasteiger partial charge < -0.3 is 4.90 Å². The molecule has 0 atom stereocenters. The Morgan fingerprint density at radius 1 is 0.514 bits per heavy atom. The molecule has 0 radical (unpaired) electrons. The highest BCUT2D eigenvalue weighted by atomic mass is 35.7. The van der Waals surface area contributed by atoms with Crippen LogP contribution in [0.4, 0.5) is 0 Å². The van der Waals surface area contributed by atoms with Gasteiger partial charge in [-0.15, -0.1) is 12.4 Å². The molecule has 0 fully saturated rings. The van der Waals surface area contributed by atoms with E-state index < -0.39 is 6.62 Å². The lowest BCUT2D eigenvalue weighted by Crippen LogP contribution is -2.27. The SMILES string of the molecule is CCCCCCCCN(CCCCCCCC)CCCCC[P+](Cl)(c1ccccc1)c1ccccc1.Cl. The van der Waals surface area contributed by atoms with Crippen molar-refractivity contribution >= 4 is 40.9 Å². The molecular formula is C33H55Cl2NP+. The van der Waals surface area contributed by atoms with E-state index in [1.165, 1.54) is 127 Å². The summed E-state index contributed by atoms with van der Waals surface area (Å²) in [6.45, 7) is 6.61. The van der Waals surface area contributed by atoms with Crippen molar-refractivity contribution in [3.63, 3.8) is 0 Å². The van der Waals surface area contributed by atoms with Gasteiger partial charge in [-0.2, -0.15) is 0 Å². The average molecular weight is 568 g/mol. The van der Waals surface area contributed by atoms with Gasteiger partial charge in [0.05, 0.1) is 17.4 Å². The summed E-state index contributed by atoms with van der Waals surface area (Å²) in [5.41, 5.74) is 0. The fourth-order valence-corrected chi connectivity index (χ4v) is 8.94. The molecule has 1 nitrogen and oxygen atoms in total. The quantitative estimate of drug-likeness (QED) is 0.101. The summed E-state index contributed by atoms with van der Waals surface area (Å²) in [6.07, 6.45) is 21.6. The second-order valence-electron chi connectivity index (χ2n) is 10.5. The molecule has 0 saturated heterocycles. The van der Waals surface area contributed by atoms with Crippen molar-refractivity contribution in [3.05, 3.63) is 60.7 Å². The smallest absolute Gasteiger partial charge is 0.178 e. The van der Waals surface area contributed by atoms with Gasteiger partial charge >= 0.3 is 0 Å². The molecule has 2 rings (SSSR count). The van der Waals surface area contributed by atoms with E-state index in [-0.39, 0.29) is 12.4 Å². The van der Waals surface area contributed by atoms with Gasteiger partial charge in [-0.3, -0.25) is 0 Å². The third-order valence-electron chi connectivity index (χ3n) is 7.43. The van der Waals surface area contributed by atoms with Gasteiger partial charge in [-0.1, -0.05) is 114 Å². The number of hydrogen-bond donors (Lipinski definition) is 0. The molecule has 0 unspecified atom stereocenters. The van der Waals surface area contributed by atoms with Gasteiger partial charge in [-0.25, -0.2) is 0 Å². The Bertz CT molecular complexity index is 700. The molecule has 0 aliphatic heterocycles. The average Bonchev–Trinajstić information content (AvgIpc) is 2.92. The molecule has 0 aliphatic rings. The molecule has 0 aromatic heterocycles. The number of nitrogens with zero attached hydrogens (tertiary/aromatic N) is 1. The fraction of sp³-hybridized carbons (Fsp3) is 0.636. The Hall–Kier alpha value is -0.590. The molecule has 0 saturated carbocycles.